The molecule has 0 unspecified atom stereocenters. The van der Waals surface area contributed by atoms with Crippen molar-refractivity contribution in [2.45, 2.75) is 83.2 Å². The predicted molar refractivity (Wildman–Crippen MR) is 84.0 cm³/mol. The van der Waals surface area contributed by atoms with Gasteiger partial charge in [0.05, 0.1) is 0 Å². The van der Waals surface area contributed by atoms with Crippen molar-refractivity contribution in [2.24, 2.45) is 0 Å². The zero-order valence-electron chi connectivity index (χ0n) is 12.6. The maximum atomic E-state index is 2.47. The summed E-state index contributed by atoms with van der Waals surface area (Å²) in [4.78, 5) is 0. The summed E-state index contributed by atoms with van der Waals surface area (Å²) in [6.45, 7) is 14.8. The quantitative estimate of drug-likeness (QED) is 0.446. The van der Waals surface area contributed by atoms with Crippen molar-refractivity contribution in [2.75, 3.05) is 0 Å². The van der Waals surface area contributed by atoms with Gasteiger partial charge in [0, 0.05) is 0 Å². The molecule has 0 aromatic rings. The Balaban J connectivity index is 4.48. The van der Waals surface area contributed by atoms with Gasteiger partial charge in [-0.25, -0.2) is 0 Å². The number of rotatable bonds is 9. The maximum absolute atomic E-state index is 2.47. The van der Waals surface area contributed by atoms with Crippen molar-refractivity contribution in [1.82, 2.24) is 0 Å². The molecule has 0 aliphatic rings. The Labute approximate surface area is 110 Å². The molecule has 0 nitrogen and oxygen atoms in total. The number of hydrogen-bond acceptors (Lipinski definition) is 0. The molecule has 0 aromatic heterocycles. The van der Waals surface area contributed by atoms with Crippen molar-refractivity contribution in [3.05, 3.63) is 0 Å². The second kappa shape index (κ2) is 8.26. The molecule has 0 saturated carbocycles. The van der Waals surface area contributed by atoms with Gasteiger partial charge in [-0.05, 0) is 0 Å². The molecule has 0 aromatic carbocycles. The van der Waals surface area contributed by atoms with E-state index in [0.29, 0.717) is 0 Å². The third-order valence-corrected chi connectivity index (χ3v) is 28.5. The van der Waals surface area contributed by atoms with E-state index in [2.05, 4.69) is 41.5 Å². The molecule has 0 amide bonds. The molecule has 0 aliphatic heterocycles. The summed E-state index contributed by atoms with van der Waals surface area (Å²) in [5, 5.41) is 12.7. The van der Waals surface area contributed by atoms with E-state index in [1.165, 1.54) is 0 Å². The average molecular weight is 352 g/mol. The first-order valence-corrected chi connectivity index (χ1v) is 17.9. The Morgan fingerprint density at radius 3 is 0.750 bits per heavy atom. The molecule has 0 saturated heterocycles. The average Bonchev–Trinajstić information content (AvgIpc) is 2.37. The summed E-state index contributed by atoms with van der Waals surface area (Å²) in [7, 11) is 0. The summed E-state index contributed by atoms with van der Waals surface area (Å²) < 4.78 is 0. The monoisotopic (exact) mass is 352 g/mol. The van der Waals surface area contributed by atoms with Crippen LogP contribution in [0.15, 0.2) is 0 Å². The molecule has 2 heteroatoms. The molecule has 0 aliphatic carbocycles. The van der Waals surface area contributed by atoms with Crippen molar-refractivity contribution < 1.29 is 0 Å². The second-order valence-corrected chi connectivity index (χ2v) is 26.1. The van der Waals surface area contributed by atoms with Gasteiger partial charge >= 0.3 is 110 Å². The van der Waals surface area contributed by atoms with Crippen molar-refractivity contribution in [3.8, 4) is 0 Å². The Kier molecular flexibility index (Phi) is 8.84. The van der Waals surface area contributed by atoms with Crippen LogP contribution in [0, 0.1) is 0 Å². The van der Waals surface area contributed by atoms with Gasteiger partial charge in [0.1, 0.15) is 0 Å². The van der Waals surface area contributed by atoms with Crippen molar-refractivity contribution in [3.63, 3.8) is 0 Å². The molecule has 0 fully saturated rings. The molecular formula is C14H34As2. The van der Waals surface area contributed by atoms with Crippen LogP contribution in [0.25, 0.3) is 0 Å². The summed E-state index contributed by atoms with van der Waals surface area (Å²) in [6, 6.07) is 0. The fraction of sp³-hybridized carbons (Fsp3) is 1.00. The van der Waals surface area contributed by atoms with E-state index < -0.39 is 27.1 Å². The summed E-state index contributed by atoms with van der Waals surface area (Å²) >= 11 is -2.38. The Bertz CT molecular complexity index is 133. The molecular weight excluding hydrogens is 318 g/mol. The topological polar surface area (TPSA) is 0 Å². The van der Waals surface area contributed by atoms with Gasteiger partial charge in [0.15, 0.2) is 0 Å². The fourth-order valence-corrected chi connectivity index (χ4v) is 23.4. The fourth-order valence-electron chi connectivity index (χ4n) is 2.71. The van der Waals surface area contributed by atoms with Crippen LogP contribution in [-0.4, -0.2) is 27.1 Å². The van der Waals surface area contributed by atoms with Gasteiger partial charge < -0.3 is 0 Å². The predicted octanol–water partition coefficient (Wildman–Crippen LogP) is 6.00. The van der Waals surface area contributed by atoms with Crippen LogP contribution < -0.4 is 0 Å². The van der Waals surface area contributed by atoms with Gasteiger partial charge in [-0.2, -0.15) is 0 Å². The number of hydrogen-bond donors (Lipinski definition) is 0. The first-order chi connectivity index (χ1) is 7.57. The van der Waals surface area contributed by atoms with Crippen LogP contribution in [0.1, 0.15) is 41.5 Å². The normalized spacial score (nSPS) is 13.1. The first-order valence-electron chi connectivity index (χ1n) is 7.27. The van der Waals surface area contributed by atoms with E-state index >= 15 is 0 Å². The van der Waals surface area contributed by atoms with Crippen LogP contribution in [0.2, 0.25) is 41.7 Å². The Morgan fingerprint density at radius 1 is 0.438 bits per heavy atom. The van der Waals surface area contributed by atoms with Crippen LogP contribution in [0.3, 0.4) is 0 Å². The zero-order chi connectivity index (χ0) is 12.7. The minimum absolute atomic E-state index is 1.19. The molecule has 0 heterocycles. The third-order valence-electron chi connectivity index (χ3n) is 5.07. The second-order valence-electron chi connectivity index (χ2n) is 5.03. The van der Waals surface area contributed by atoms with Crippen LogP contribution in [-0.2, 0) is 0 Å². The summed E-state index contributed by atoms with van der Waals surface area (Å²) in [5.41, 5.74) is 0. The van der Waals surface area contributed by atoms with E-state index in [9.17, 15) is 0 Å². The Hall–Kier alpha value is 1.12. The minimum atomic E-state index is -1.19. The summed E-state index contributed by atoms with van der Waals surface area (Å²) in [5.74, 6) is 0. The molecule has 16 heavy (non-hydrogen) atoms. The molecule has 100 valence electrons. The van der Waals surface area contributed by atoms with Gasteiger partial charge in [0.2, 0.25) is 0 Å². The van der Waals surface area contributed by atoms with Crippen LogP contribution in [0.5, 0.6) is 0 Å². The zero-order valence-corrected chi connectivity index (χ0v) is 16.3. The van der Waals surface area contributed by atoms with E-state index in [1.807, 2.05) is 0 Å². The van der Waals surface area contributed by atoms with Crippen molar-refractivity contribution >= 4 is 27.1 Å². The van der Waals surface area contributed by atoms with E-state index in [-0.39, 0.29) is 0 Å². The first kappa shape index (κ1) is 17.1. The molecule has 0 atom stereocenters. The summed E-state index contributed by atoms with van der Waals surface area (Å²) in [6.07, 6.45) is 0. The molecule has 0 N–H and O–H groups in total. The molecule has 0 spiro atoms. The van der Waals surface area contributed by atoms with Gasteiger partial charge in [-0.15, -0.1) is 0 Å². The van der Waals surface area contributed by atoms with Crippen molar-refractivity contribution in [1.29, 1.82) is 0 Å². The molecule has 0 rings (SSSR count). The third kappa shape index (κ3) is 4.42. The van der Waals surface area contributed by atoms with E-state index in [0.717, 1.165) is 0 Å². The molecule has 2 radical (unpaired) electrons. The Morgan fingerprint density at radius 2 is 0.625 bits per heavy atom. The van der Waals surface area contributed by atoms with Crippen LogP contribution >= 0.6 is 0 Å². The van der Waals surface area contributed by atoms with Gasteiger partial charge in [0.25, 0.3) is 0 Å². The van der Waals surface area contributed by atoms with E-state index in [1.54, 1.807) is 41.7 Å². The van der Waals surface area contributed by atoms with Gasteiger partial charge in [-0.1, -0.05) is 0 Å². The molecule has 0 bridgehead atoms. The van der Waals surface area contributed by atoms with Gasteiger partial charge in [-0.3, -0.25) is 0 Å². The standard InChI is InChI=1S/C14H34As2/c1-7-15(8-2,9-3)13-14-16(10-4,11-5)12-6/h7-14H2,1-6H3. The SMILES string of the molecule is CC[As](CC)(CC)CC[As](CC)(CC)CC. The van der Waals surface area contributed by atoms with E-state index in [4.69, 9.17) is 0 Å². The van der Waals surface area contributed by atoms with Crippen LogP contribution in [0.4, 0.5) is 0 Å².